The Morgan fingerprint density at radius 2 is 1.78 bits per heavy atom. The van der Waals surface area contributed by atoms with Crippen LogP contribution in [0.5, 0.6) is 5.75 Å². The highest BCUT2D eigenvalue weighted by molar-refractivity contribution is 5.36. The molecule has 0 amide bonds. The molecule has 4 nitrogen and oxygen atoms in total. The molecule has 0 atom stereocenters. The summed E-state index contributed by atoms with van der Waals surface area (Å²) in [5.74, 6) is 0.938. The molecule has 4 heteroatoms. The molecule has 0 bridgehead atoms. The first-order valence-electron chi connectivity index (χ1n) is 8.77. The molecule has 0 aliphatic rings. The van der Waals surface area contributed by atoms with Gasteiger partial charge in [-0.2, -0.15) is 0 Å². The van der Waals surface area contributed by atoms with Gasteiger partial charge in [0.05, 0.1) is 25.4 Å². The van der Waals surface area contributed by atoms with Gasteiger partial charge in [-0.05, 0) is 43.4 Å². The van der Waals surface area contributed by atoms with E-state index in [4.69, 9.17) is 10.5 Å². The predicted molar refractivity (Wildman–Crippen MR) is 94.8 cm³/mol. The van der Waals surface area contributed by atoms with E-state index in [2.05, 4.69) is 13.0 Å². The Bertz CT molecular complexity index is 444. The predicted octanol–water partition coefficient (Wildman–Crippen LogP) is 2.96. The number of aryl methyl sites for hydroxylation is 2. The first-order chi connectivity index (χ1) is 11.0. The maximum atomic E-state index is 9.23. The second kappa shape index (κ2) is 10.6. The zero-order chi connectivity index (χ0) is 17.1. The Morgan fingerprint density at radius 3 is 2.39 bits per heavy atom. The average molecular weight is 323 g/mol. The first-order valence-corrected chi connectivity index (χ1v) is 8.77. The normalized spacial score (nSPS) is 11.7. The summed E-state index contributed by atoms with van der Waals surface area (Å²) in [5.41, 5.74) is 7.27. The van der Waals surface area contributed by atoms with Crippen LogP contribution >= 0.6 is 0 Å². The van der Waals surface area contributed by atoms with Crippen LogP contribution in [0.15, 0.2) is 18.2 Å². The van der Waals surface area contributed by atoms with E-state index in [0.29, 0.717) is 6.42 Å². The molecule has 23 heavy (non-hydrogen) atoms. The zero-order valence-corrected chi connectivity index (χ0v) is 14.7. The van der Waals surface area contributed by atoms with Crippen molar-refractivity contribution in [1.29, 1.82) is 0 Å². The molecule has 1 aromatic rings. The van der Waals surface area contributed by atoms with Crippen LogP contribution in [0.3, 0.4) is 0 Å². The molecule has 0 aliphatic heterocycles. The summed E-state index contributed by atoms with van der Waals surface area (Å²) in [6, 6.07) is 6.14. The highest BCUT2D eigenvalue weighted by Gasteiger charge is 2.22. The van der Waals surface area contributed by atoms with E-state index in [1.54, 1.807) is 0 Å². The van der Waals surface area contributed by atoms with E-state index < -0.39 is 5.54 Å². The van der Waals surface area contributed by atoms with Crippen LogP contribution in [-0.4, -0.2) is 35.6 Å². The largest absolute Gasteiger partial charge is 0.493 e. The van der Waals surface area contributed by atoms with Crippen molar-refractivity contribution in [2.45, 2.75) is 64.3 Å². The van der Waals surface area contributed by atoms with Gasteiger partial charge in [0.1, 0.15) is 5.75 Å². The Morgan fingerprint density at radius 1 is 1.09 bits per heavy atom. The third kappa shape index (κ3) is 7.34. The van der Waals surface area contributed by atoms with Crippen LogP contribution in [0.2, 0.25) is 0 Å². The van der Waals surface area contributed by atoms with E-state index in [1.165, 1.54) is 25.7 Å². The van der Waals surface area contributed by atoms with Crippen molar-refractivity contribution in [3.8, 4) is 5.75 Å². The number of nitrogens with two attached hydrogens (primary N) is 1. The molecule has 4 N–H and O–H groups in total. The number of aliphatic hydroxyl groups excluding tert-OH is 2. The van der Waals surface area contributed by atoms with Crippen LogP contribution in [0.25, 0.3) is 0 Å². The zero-order valence-electron chi connectivity index (χ0n) is 14.7. The summed E-state index contributed by atoms with van der Waals surface area (Å²) in [6.07, 6.45) is 7.47. The average Bonchev–Trinajstić information content (AvgIpc) is 2.57. The molecule has 1 aromatic carbocycles. The minimum absolute atomic E-state index is 0.207. The molecule has 0 fully saturated rings. The van der Waals surface area contributed by atoms with Gasteiger partial charge in [0.15, 0.2) is 0 Å². The Balaban J connectivity index is 2.42. The lowest BCUT2D eigenvalue weighted by Gasteiger charge is -2.24. The van der Waals surface area contributed by atoms with Crippen LogP contribution in [0, 0.1) is 6.92 Å². The number of unbranched alkanes of at least 4 members (excludes halogenated alkanes) is 4. The molecular weight excluding hydrogens is 290 g/mol. The van der Waals surface area contributed by atoms with Crippen molar-refractivity contribution in [3.63, 3.8) is 0 Å². The minimum Gasteiger partial charge on any atom is -0.493 e. The fraction of sp³-hybridized carbons (Fsp3) is 0.684. The SMILES string of the molecule is CCCCCCCOc1ccc(CCC(N)(CO)CO)cc1C. The summed E-state index contributed by atoms with van der Waals surface area (Å²) in [5, 5.41) is 18.5. The van der Waals surface area contributed by atoms with Crippen molar-refractivity contribution in [3.05, 3.63) is 29.3 Å². The van der Waals surface area contributed by atoms with Crippen LogP contribution < -0.4 is 10.5 Å². The molecule has 0 aromatic heterocycles. The van der Waals surface area contributed by atoms with Crippen LogP contribution in [-0.2, 0) is 6.42 Å². The van der Waals surface area contributed by atoms with Gasteiger partial charge in [-0.3, -0.25) is 0 Å². The van der Waals surface area contributed by atoms with Gasteiger partial charge < -0.3 is 20.7 Å². The standard InChI is InChI=1S/C19H33NO3/c1-3-4-5-6-7-12-23-18-9-8-17(13-16(18)2)10-11-19(20,14-21)15-22/h8-9,13,21-22H,3-7,10-12,14-15,20H2,1-2H3. The van der Waals surface area contributed by atoms with Crippen molar-refractivity contribution >= 4 is 0 Å². The summed E-state index contributed by atoms with van der Waals surface area (Å²) < 4.78 is 5.86. The van der Waals surface area contributed by atoms with E-state index in [1.807, 2.05) is 19.1 Å². The second-order valence-electron chi connectivity index (χ2n) is 6.54. The lowest BCUT2D eigenvalue weighted by atomic mass is 9.93. The van der Waals surface area contributed by atoms with Crippen molar-refractivity contribution in [2.24, 2.45) is 5.73 Å². The van der Waals surface area contributed by atoms with Crippen molar-refractivity contribution < 1.29 is 14.9 Å². The molecule has 1 rings (SSSR count). The number of hydrogen-bond acceptors (Lipinski definition) is 4. The topological polar surface area (TPSA) is 75.7 Å². The lowest BCUT2D eigenvalue weighted by Crippen LogP contribution is -2.47. The molecule has 0 saturated heterocycles. The number of hydrogen-bond donors (Lipinski definition) is 3. The molecule has 0 saturated carbocycles. The van der Waals surface area contributed by atoms with E-state index in [0.717, 1.165) is 36.3 Å². The monoisotopic (exact) mass is 323 g/mol. The fourth-order valence-corrected chi connectivity index (χ4v) is 2.52. The lowest BCUT2D eigenvalue weighted by molar-refractivity contribution is 0.115. The van der Waals surface area contributed by atoms with E-state index in [-0.39, 0.29) is 13.2 Å². The molecule has 0 radical (unpaired) electrons. The molecular formula is C19H33NO3. The smallest absolute Gasteiger partial charge is 0.122 e. The second-order valence-corrected chi connectivity index (χ2v) is 6.54. The van der Waals surface area contributed by atoms with Gasteiger partial charge in [0.25, 0.3) is 0 Å². The maximum Gasteiger partial charge on any atom is 0.122 e. The summed E-state index contributed by atoms with van der Waals surface area (Å²) >= 11 is 0. The molecule has 132 valence electrons. The quantitative estimate of drug-likeness (QED) is 0.517. The van der Waals surface area contributed by atoms with Gasteiger partial charge >= 0.3 is 0 Å². The van der Waals surface area contributed by atoms with Gasteiger partial charge in [0, 0.05) is 0 Å². The maximum absolute atomic E-state index is 9.23. The van der Waals surface area contributed by atoms with Crippen LogP contribution in [0.1, 0.15) is 56.6 Å². The molecule has 0 spiro atoms. The first kappa shape index (κ1) is 19.9. The molecule has 0 heterocycles. The highest BCUT2D eigenvalue weighted by Crippen LogP contribution is 2.21. The Labute approximate surface area is 140 Å². The van der Waals surface area contributed by atoms with Gasteiger partial charge in [0.2, 0.25) is 0 Å². The van der Waals surface area contributed by atoms with Gasteiger partial charge in [-0.1, -0.05) is 44.7 Å². The fourth-order valence-electron chi connectivity index (χ4n) is 2.52. The van der Waals surface area contributed by atoms with Gasteiger partial charge in [-0.25, -0.2) is 0 Å². The Kier molecular flexibility index (Phi) is 9.22. The number of ether oxygens (including phenoxy) is 1. The summed E-state index contributed by atoms with van der Waals surface area (Å²) in [6.45, 7) is 4.62. The van der Waals surface area contributed by atoms with Crippen LogP contribution in [0.4, 0.5) is 0 Å². The third-order valence-corrected chi connectivity index (χ3v) is 4.29. The minimum atomic E-state index is -0.901. The number of rotatable bonds is 12. The highest BCUT2D eigenvalue weighted by atomic mass is 16.5. The summed E-state index contributed by atoms with van der Waals surface area (Å²) in [7, 11) is 0. The summed E-state index contributed by atoms with van der Waals surface area (Å²) in [4.78, 5) is 0. The van der Waals surface area contributed by atoms with Gasteiger partial charge in [-0.15, -0.1) is 0 Å². The third-order valence-electron chi connectivity index (χ3n) is 4.29. The number of benzene rings is 1. The molecule has 0 unspecified atom stereocenters. The molecule has 0 aliphatic carbocycles. The van der Waals surface area contributed by atoms with Crippen molar-refractivity contribution in [1.82, 2.24) is 0 Å². The van der Waals surface area contributed by atoms with E-state index >= 15 is 0 Å². The van der Waals surface area contributed by atoms with Crippen molar-refractivity contribution in [2.75, 3.05) is 19.8 Å². The van der Waals surface area contributed by atoms with E-state index in [9.17, 15) is 10.2 Å². The number of aliphatic hydroxyl groups is 2. The Hall–Kier alpha value is -1.10.